The van der Waals surface area contributed by atoms with Gasteiger partial charge >= 0.3 is 0 Å². The monoisotopic (exact) mass is 388 g/mol. The zero-order valence-corrected chi connectivity index (χ0v) is 16.8. The van der Waals surface area contributed by atoms with E-state index >= 15 is 0 Å². The Morgan fingerprint density at radius 2 is 1.93 bits per heavy atom. The summed E-state index contributed by atoms with van der Waals surface area (Å²) in [6, 6.07) is 16.3. The molecule has 0 amide bonds. The molecule has 1 aliphatic rings. The molecule has 0 aliphatic carbocycles. The second-order valence-corrected chi connectivity index (χ2v) is 7.55. The van der Waals surface area contributed by atoms with E-state index in [9.17, 15) is 15.6 Å². The normalized spacial score (nSPS) is 20.0. The molecule has 0 saturated carbocycles. The number of benzene rings is 2. The lowest BCUT2D eigenvalue weighted by Gasteiger charge is -2.47. The smallest absolute Gasteiger partial charge is 0.207 e. The lowest BCUT2D eigenvalue weighted by molar-refractivity contribution is -0.0814. The summed E-state index contributed by atoms with van der Waals surface area (Å²) < 4.78 is 6.04. The third-order valence-corrected chi connectivity index (χ3v) is 5.10. The first-order valence-electron chi connectivity index (χ1n) is 9.63. The molecule has 148 valence electrons. The molecule has 0 radical (unpaired) electrons. The van der Waals surface area contributed by atoms with E-state index in [1.165, 1.54) is 0 Å². The first-order chi connectivity index (χ1) is 13.9. The second kappa shape index (κ2) is 8.34. The van der Waals surface area contributed by atoms with Gasteiger partial charge in [0.05, 0.1) is 17.7 Å². The van der Waals surface area contributed by atoms with Gasteiger partial charge in [0.25, 0.3) is 0 Å². The number of amidine groups is 1. The number of rotatable bonds is 4. The zero-order valence-electron chi connectivity index (χ0n) is 16.8. The van der Waals surface area contributed by atoms with Crippen LogP contribution in [0.3, 0.4) is 0 Å². The van der Waals surface area contributed by atoms with Crippen molar-refractivity contribution in [3.05, 3.63) is 65.2 Å². The Bertz CT molecular complexity index is 986. The van der Waals surface area contributed by atoms with E-state index in [0.717, 1.165) is 12.0 Å². The maximum absolute atomic E-state index is 11.3. The fourth-order valence-electron chi connectivity index (χ4n) is 3.72. The molecule has 0 fully saturated rings. The molecule has 1 aliphatic heterocycles. The number of aliphatic imine (C=N–C) groups is 1. The summed E-state index contributed by atoms with van der Waals surface area (Å²) in [5.41, 5.74) is 1.13. The maximum Gasteiger partial charge on any atom is 0.207 e. The van der Waals surface area contributed by atoms with E-state index in [1.54, 1.807) is 18.2 Å². The molecule has 1 heterocycles. The molecule has 1 N–H and O–H groups in total. The summed E-state index contributed by atoms with van der Waals surface area (Å²) in [5.74, 6) is 1.11. The van der Waals surface area contributed by atoms with Crippen LogP contribution in [0.2, 0.25) is 0 Å². The quantitative estimate of drug-likeness (QED) is 0.489. The van der Waals surface area contributed by atoms with E-state index in [2.05, 4.69) is 11.1 Å². The number of nitriles is 2. The van der Waals surface area contributed by atoms with Crippen molar-refractivity contribution in [3.63, 3.8) is 0 Å². The lowest BCUT2D eigenvalue weighted by atomic mass is 9.84. The van der Waals surface area contributed by atoms with Crippen LogP contribution in [0.4, 0.5) is 0 Å². The molecule has 0 saturated heterocycles. The van der Waals surface area contributed by atoms with E-state index in [1.807, 2.05) is 62.2 Å². The molecule has 2 aromatic rings. The topological polar surface area (TPSA) is 92.6 Å². The van der Waals surface area contributed by atoms with E-state index in [-0.39, 0.29) is 0 Å². The Balaban J connectivity index is 2.21. The summed E-state index contributed by atoms with van der Waals surface area (Å²) >= 11 is 0. The molecule has 2 aromatic carbocycles. The van der Waals surface area contributed by atoms with Gasteiger partial charge in [-0.15, -0.1) is 0 Å². The molecule has 6 nitrogen and oxygen atoms in total. The average Bonchev–Trinajstić information content (AvgIpc) is 2.72. The van der Waals surface area contributed by atoms with Crippen molar-refractivity contribution in [2.75, 3.05) is 6.54 Å². The van der Waals surface area contributed by atoms with Gasteiger partial charge in [-0.3, -0.25) is 0 Å². The van der Waals surface area contributed by atoms with Gasteiger partial charge < -0.3 is 14.7 Å². The fourth-order valence-corrected chi connectivity index (χ4v) is 3.72. The van der Waals surface area contributed by atoms with Crippen LogP contribution in [-0.4, -0.2) is 34.1 Å². The molecule has 6 heteroatoms. The molecule has 0 unspecified atom stereocenters. The Morgan fingerprint density at radius 1 is 1.21 bits per heavy atom. The number of aliphatic hydroxyl groups is 1. The zero-order chi connectivity index (χ0) is 21.0. The van der Waals surface area contributed by atoms with E-state index in [0.29, 0.717) is 29.3 Å². The van der Waals surface area contributed by atoms with Crippen LogP contribution in [0.25, 0.3) is 0 Å². The van der Waals surface area contributed by atoms with E-state index < -0.39 is 17.7 Å². The van der Waals surface area contributed by atoms with Crippen molar-refractivity contribution in [1.29, 1.82) is 10.5 Å². The number of fused-ring (bicyclic) bond motifs is 1. The van der Waals surface area contributed by atoms with Gasteiger partial charge in [0.15, 0.2) is 0 Å². The molecule has 2 atom stereocenters. The molecule has 29 heavy (non-hydrogen) atoms. The highest BCUT2D eigenvalue weighted by atomic mass is 16.5. The predicted octanol–water partition coefficient (Wildman–Crippen LogP) is 3.77. The third-order valence-electron chi connectivity index (χ3n) is 5.10. The third kappa shape index (κ3) is 3.94. The number of nitrogens with zero attached hydrogens (tertiary/aromatic N) is 4. The van der Waals surface area contributed by atoms with Crippen LogP contribution < -0.4 is 4.74 Å². The van der Waals surface area contributed by atoms with Gasteiger partial charge in [0.2, 0.25) is 6.19 Å². The fraction of sp³-hybridized carbons (Fsp3) is 0.348. The van der Waals surface area contributed by atoms with Crippen LogP contribution in [0.1, 0.15) is 49.9 Å². The minimum absolute atomic E-state index is 0.485. The van der Waals surface area contributed by atoms with Crippen molar-refractivity contribution in [2.45, 2.75) is 44.9 Å². The Kier molecular flexibility index (Phi) is 5.87. The largest absolute Gasteiger partial charge is 0.485 e. The van der Waals surface area contributed by atoms with Crippen LogP contribution in [0.5, 0.6) is 5.75 Å². The van der Waals surface area contributed by atoms with Crippen molar-refractivity contribution < 1.29 is 9.84 Å². The molecule has 0 aromatic heterocycles. The summed E-state index contributed by atoms with van der Waals surface area (Å²) in [7, 11) is 0. The number of aliphatic hydroxyl groups excluding tert-OH is 1. The average molecular weight is 388 g/mol. The highest BCUT2D eigenvalue weighted by Crippen LogP contribution is 2.43. The number of ether oxygens (including phenoxy) is 1. The number of hydrogen-bond acceptors (Lipinski definition) is 5. The first-order valence-corrected chi connectivity index (χ1v) is 9.63. The summed E-state index contributed by atoms with van der Waals surface area (Å²) in [6.07, 6.45) is 1.79. The van der Waals surface area contributed by atoms with Gasteiger partial charge in [0.1, 0.15) is 23.3 Å². The molecular formula is C23H24N4O2. The summed E-state index contributed by atoms with van der Waals surface area (Å²) in [4.78, 5) is 6.07. The first kappa shape index (κ1) is 20.4. The Hall–Kier alpha value is -3.35. The summed E-state index contributed by atoms with van der Waals surface area (Å²) in [5, 5.41) is 30.0. The van der Waals surface area contributed by atoms with Crippen LogP contribution in [-0.2, 0) is 0 Å². The van der Waals surface area contributed by atoms with Gasteiger partial charge in [0, 0.05) is 17.7 Å². The highest BCUT2D eigenvalue weighted by Gasteiger charge is 2.46. The van der Waals surface area contributed by atoms with Crippen molar-refractivity contribution in [2.24, 2.45) is 4.99 Å². The minimum atomic E-state index is -0.900. The van der Waals surface area contributed by atoms with E-state index in [4.69, 9.17) is 4.74 Å². The van der Waals surface area contributed by atoms with Gasteiger partial charge in [-0.05, 0) is 38.5 Å². The molecule has 0 spiro atoms. The van der Waals surface area contributed by atoms with Crippen molar-refractivity contribution >= 4 is 5.84 Å². The standard InChI is InChI=1S/C23H24N4O2/c1-4-12-27(22(26-15-25)17-8-6-5-7-9-17)20-18-13-16(14-24)10-11-19(18)29-23(2,3)21(20)28/h5-11,13,20-21,28H,4,12H2,1-3H3/t20-,21+/m0/s1. The highest BCUT2D eigenvalue weighted by molar-refractivity contribution is 5.99. The lowest BCUT2D eigenvalue weighted by Crippen LogP contribution is -2.55. The summed E-state index contributed by atoms with van der Waals surface area (Å²) in [6.45, 7) is 6.27. The Morgan fingerprint density at radius 3 is 2.55 bits per heavy atom. The van der Waals surface area contributed by atoms with Crippen molar-refractivity contribution in [1.82, 2.24) is 4.90 Å². The van der Waals surface area contributed by atoms with Gasteiger partial charge in [-0.2, -0.15) is 15.5 Å². The second-order valence-electron chi connectivity index (χ2n) is 7.55. The maximum atomic E-state index is 11.3. The molecule has 3 rings (SSSR count). The predicted molar refractivity (Wildman–Crippen MR) is 110 cm³/mol. The molecule has 0 bridgehead atoms. The van der Waals surface area contributed by atoms with Crippen molar-refractivity contribution in [3.8, 4) is 18.0 Å². The minimum Gasteiger partial charge on any atom is -0.485 e. The van der Waals surface area contributed by atoms with Gasteiger partial charge in [-0.25, -0.2) is 0 Å². The van der Waals surface area contributed by atoms with Crippen LogP contribution in [0, 0.1) is 22.8 Å². The Labute approximate surface area is 171 Å². The SMILES string of the molecule is CCCN(C(=NC#N)c1ccccc1)[C@H]1c2cc(C#N)ccc2OC(C)(C)[C@@H]1O. The van der Waals surface area contributed by atoms with Gasteiger partial charge in [-0.1, -0.05) is 37.3 Å². The number of hydrogen-bond donors (Lipinski definition) is 1. The van der Waals surface area contributed by atoms with Crippen LogP contribution in [0.15, 0.2) is 53.5 Å². The van der Waals surface area contributed by atoms with Crippen LogP contribution >= 0.6 is 0 Å². The molecular weight excluding hydrogens is 364 g/mol.